The molecular weight excluding hydrogens is 246 g/mol. The van der Waals surface area contributed by atoms with E-state index in [2.05, 4.69) is 29.3 Å². The van der Waals surface area contributed by atoms with Gasteiger partial charge in [-0.3, -0.25) is 0 Å². The Morgan fingerprint density at radius 2 is 2.22 bits per heavy atom. The standard InChI is InChI=1S/C13H23N3OS/c1-3-5-6-12-15-13(17-16-12)10-8-18-9-11(10)14-7-4-2/h10-11,14H,3-9H2,1-2H3. The normalized spacial score (nSPS) is 23.7. The minimum atomic E-state index is 0.393. The molecule has 0 amide bonds. The van der Waals surface area contributed by atoms with E-state index in [0.29, 0.717) is 12.0 Å². The third kappa shape index (κ3) is 3.48. The van der Waals surface area contributed by atoms with Gasteiger partial charge in [-0.05, 0) is 19.4 Å². The van der Waals surface area contributed by atoms with Crippen molar-refractivity contribution in [3.8, 4) is 0 Å². The molecular formula is C13H23N3OS. The second kappa shape index (κ2) is 7.14. The summed E-state index contributed by atoms with van der Waals surface area (Å²) >= 11 is 1.97. The van der Waals surface area contributed by atoms with Crippen LogP contribution in [0.2, 0.25) is 0 Å². The van der Waals surface area contributed by atoms with Crippen LogP contribution >= 0.6 is 11.8 Å². The molecule has 2 unspecified atom stereocenters. The van der Waals surface area contributed by atoms with Crippen molar-refractivity contribution < 1.29 is 4.52 Å². The fourth-order valence-electron chi connectivity index (χ4n) is 2.18. The van der Waals surface area contributed by atoms with Gasteiger partial charge in [-0.25, -0.2) is 0 Å². The fourth-order valence-corrected chi connectivity index (χ4v) is 3.55. The second-order valence-electron chi connectivity index (χ2n) is 4.86. The molecule has 102 valence electrons. The van der Waals surface area contributed by atoms with Crippen molar-refractivity contribution in [1.82, 2.24) is 15.5 Å². The summed E-state index contributed by atoms with van der Waals surface area (Å²) in [5.74, 6) is 4.34. The molecule has 18 heavy (non-hydrogen) atoms. The van der Waals surface area contributed by atoms with E-state index in [4.69, 9.17) is 4.52 Å². The van der Waals surface area contributed by atoms with E-state index in [9.17, 15) is 0 Å². The molecule has 4 nitrogen and oxygen atoms in total. The molecule has 0 aromatic carbocycles. The molecule has 0 aliphatic carbocycles. The molecule has 1 aromatic heterocycles. The Bertz CT molecular complexity index is 356. The predicted molar refractivity (Wildman–Crippen MR) is 75.1 cm³/mol. The number of hydrogen-bond acceptors (Lipinski definition) is 5. The van der Waals surface area contributed by atoms with Crippen LogP contribution in [0.3, 0.4) is 0 Å². The van der Waals surface area contributed by atoms with E-state index in [0.717, 1.165) is 42.6 Å². The van der Waals surface area contributed by atoms with Gasteiger partial charge in [0.15, 0.2) is 5.82 Å². The minimum absolute atomic E-state index is 0.393. The summed E-state index contributed by atoms with van der Waals surface area (Å²) in [4.78, 5) is 4.56. The summed E-state index contributed by atoms with van der Waals surface area (Å²) in [5, 5.41) is 7.67. The zero-order valence-corrected chi connectivity index (χ0v) is 12.1. The van der Waals surface area contributed by atoms with Gasteiger partial charge in [0, 0.05) is 24.0 Å². The van der Waals surface area contributed by atoms with Crippen LogP contribution in [-0.2, 0) is 6.42 Å². The number of thioether (sulfide) groups is 1. The highest BCUT2D eigenvalue weighted by molar-refractivity contribution is 7.99. The monoisotopic (exact) mass is 269 g/mol. The van der Waals surface area contributed by atoms with Crippen LogP contribution in [0.5, 0.6) is 0 Å². The third-order valence-corrected chi connectivity index (χ3v) is 4.48. The SMILES string of the molecule is CCCCc1noc(C2CSCC2NCCC)n1. The van der Waals surface area contributed by atoms with Crippen molar-refractivity contribution in [3.63, 3.8) is 0 Å². The molecule has 0 bridgehead atoms. The van der Waals surface area contributed by atoms with Gasteiger partial charge in [0.1, 0.15) is 0 Å². The Hall–Kier alpha value is -0.550. The maximum atomic E-state index is 5.44. The van der Waals surface area contributed by atoms with Crippen molar-refractivity contribution in [2.75, 3.05) is 18.1 Å². The Labute approximate surface area is 113 Å². The predicted octanol–water partition coefficient (Wildman–Crippen LogP) is 2.61. The quantitative estimate of drug-likeness (QED) is 0.824. The Kier molecular flexibility index (Phi) is 5.50. The Balaban J connectivity index is 1.94. The van der Waals surface area contributed by atoms with Crippen molar-refractivity contribution >= 4 is 11.8 Å². The summed E-state index contributed by atoms with van der Waals surface area (Å²) in [6.45, 7) is 5.44. The molecule has 5 heteroatoms. The lowest BCUT2D eigenvalue weighted by molar-refractivity contribution is 0.336. The molecule has 0 radical (unpaired) electrons. The summed E-state index contributed by atoms with van der Waals surface area (Å²) in [6, 6.07) is 0.495. The van der Waals surface area contributed by atoms with Gasteiger partial charge < -0.3 is 9.84 Å². The molecule has 1 saturated heterocycles. The first kappa shape index (κ1) is 13.9. The van der Waals surface area contributed by atoms with Crippen LogP contribution in [0.1, 0.15) is 50.7 Å². The number of aromatic nitrogens is 2. The number of nitrogens with zero attached hydrogens (tertiary/aromatic N) is 2. The van der Waals surface area contributed by atoms with Gasteiger partial charge in [0.25, 0.3) is 0 Å². The van der Waals surface area contributed by atoms with Gasteiger partial charge in [0.2, 0.25) is 5.89 Å². The smallest absolute Gasteiger partial charge is 0.232 e. The van der Waals surface area contributed by atoms with Gasteiger partial charge in [-0.2, -0.15) is 16.7 Å². The maximum absolute atomic E-state index is 5.44. The summed E-state index contributed by atoms with van der Waals surface area (Å²) in [6.07, 6.45) is 4.41. The molecule has 1 fully saturated rings. The van der Waals surface area contributed by atoms with Gasteiger partial charge in [0.05, 0.1) is 5.92 Å². The lowest BCUT2D eigenvalue weighted by Crippen LogP contribution is -2.34. The summed E-state index contributed by atoms with van der Waals surface area (Å²) in [5.41, 5.74) is 0. The van der Waals surface area contributed by atoms with Crippen molar-refractivity contribution in [2.45, 2.75) is 51.5 Å². The second-order valence-corrected chi connectivity index (χ2v) is 5.93. The van der Waals surface area contributed by atoms with E-state index < -0.39 is 0 Å². The molecule has 1 N–H and O–H groups in total. The van der Waals surface area contributed by atoms with Gasteiger partial charge in [-0.1, -0.05) is 25.4 Å². The van der Waals surface area contributed by atoms with E-state index in [1.807, 2.05) is 11.8 Å². The first-order chi connectivity index (χ1) is 8.85. The first-order valence-corrected chi connectivity index (χ1v) is 8.14. The summed E-state index contributed by atoms with van der Waals surface area (Å²) < 4.78 is 5.44. The fraction of sp³-hybridized carbons (Fsp3) is 0.846. The number of rotatable bonds is 7. The van der Waals surface area contributed by atoms with Crippen molar-refractivity contribution in [1.29, 1.82) is 0 Å². The van der Waals surface area contributed by atoms with E-state index in [1.165, 1.54) is 12.8 Å². The molecule has 1 aliphatic rings. The van der Waals surface area contributed by atoms with E-state index >= 15 is 0 Å². The van der Waals surface area contributed by atoms with E-state index in [1.54, 1.807) is 0 Å². The van der Waals surface area contributed by atoms with Crippen molar-refractivity contribution in [3.05, 3.63) is 11.7 Å². The van der Waals surface area contributed by atoms with Gasteiger partial charge in [-0.15, -0.1) is 0 Å². The van der Waals surface area contributed by atoms with Crippen LogP contribution in [0, 0.1) is 0 Å². The molecule has 1 aliphatic heterocycles. The van der Waals surface area contributed by atoms with Crippen LogP contribution in [0.4, 0.5) is 0 Å². The number of unbranched alkanes of at least 4 members (excludes halogenated alkanes) is 1. The summed E-state index contributed by atoms with van der Waals surface area (Å²) in [7, 11) is 0. The maximum Gasteiger partial charge on any atom is 0.232 e. The molecule has 2 heterocycles. The van der Waals surface area contributed by atoms with Gasteiger partial charge >= 0.3 is 0 Å². The lowest BCUT2D eigenvalue weighted by Gasteiger charge is -2.16. The zero-order chi connectivity index (χ0) is 12.8. The third-order valence-electron chi connectivity index (χ3n) is 3.29. The average molecular weight is 269 g/mol. The van der Waals surface area contributed by atoms with Crippen molar-refractivity contribution in [2.24, 2.45) is 0 Å². The largest absolute Gasteiger partial charge is 0.339 e. The Morgan fingerprint density at radius 1 is 1.33 bits per heavy atom. The Morgan fingerprint density at radius 3 is 3.00 bits per heavy atom. The molecule has 2 rings (SSSR count). The van der Waals surface area contributed by atoms with Crippen LogP contribution in [0.15, 0.2) is 4.52 Å². The lowest BCUT2D eigenvalue weighted by atomic mass is 10.0. The molecule has 2 atom stereocenters. The minimum Gasteiger partial charge on any atom is -0.339 e. The highest BCUT2D eigenvalue weighted by Gasteiger charge is 2.32. The van der Waals surface area contributed by atoms with Crippen LogP contribution in [-0.4, -0.2) is 34.2 Å². The first-order valence-electron chi connectivity index (χ1n) is 6.98. The number of nitrogens with one attached hydrogen (secondary N) is 1. The zero-order valence-electron chi connectivity index (χ0n) is 11.3. The number of hydrogen-bond donors (Lipinski definition) is 1. The highest BCUT2D eigenvalue weighted by atomic mass is 32.2. The molecule has 1 aromatic rings. The topological polar surface area (TPSA) is 51.0 Å². The highest BCUT2D eigenvalue weighted by Crippen LogP contribution is 2.32. The number of aryl methyl sites for hydroxylation is 1. The molecule has 0 spiro atoms. The average Bonchev–Trinajstić information content (AvgIpc) is 3.02. The molecule has 0 saturated carbocycles. The van der Waals surface area contributed by atoms with Crippen LogP contribution in [0.25, 0.3) is 0 Å². The van der Waals surface area contributed by atoms with Crippen LogP contribution < -0.4 is 5.32 Å². The van der Waals surface area contributed by atoms with E-state index in [-0.39, 0.29) is 0 Å².